The molecule has 0 spiro atoms. The van der Waals surface area contributed by atoms with Gasteiger partial charge in [-0.25, -0.2) is 0 Å². The molecule has 0 saturated carbocycles. The van der Waals surface area contributed by atoms with Crippen LogP contribution < -0.4 is 5.32 Å². The van der Waals surface area contributed by atoms with Crippen molar-refractivity contribution in [3.05, 3.63) is 34.9 Å². The maximum atomic E-state index is 10.5. The van der Waals surface area contributed by atoms with Gasteiger partial charge in [0.15, 0.2) is 0 Å². The summed E-state index contributed by atoms with van der Waals surface area (Å²) in [6, 6.07) is 5.52. The summed E-state index contributed by atoms with van der Waals surface area (Å²) >= 11 is 0. The first-order valence-corrected chi connectivity index (χ1v) is 4.47. The Morgan fingerprint density at radius 2 is 2.29 bits per heavy atom. The topological polar surface area (TPSA) is 29.1 Å². The highest BCUT2D eigenvalue weighted by atomic mass is 16.1. The summed E-state index contributed by atoms with van der Waals surface area (Å²) in [7, 11) is 1.85. The van der Waals surface area contributed by atoms with Crippen LogP contribution in [-0.4, -0.2) is 19.9 Å². The second-order valence-electron chi connectivity index (χ2n) is 3.02. The minimum atomic E-state index is 0.657. The van der Waals surface area contributed by atoms with E-state index in [4.69, 9.17) is 0 Å². The van der Waals surface area contributed by atoms with E-state index < -0.39 is 0 Å². The standard InChI is InChI=1S/C12H13NO/c1-10-5-6-11(9-14)8-12(10)4-3-7-13-2/h5-6,8-9,13H,7H2,1-2H3. The number of rotatable bonds is 2. The number of nitrogens with one attached hydrogen (secondary N) is 1. The molecule has 72 valence electrons. The smallest absolute Gasteiger partial charge is 0.150 e. The van der Waals surface area contributed by atoms with Crippen LogP contribution in [0.2, 0.25) is 0 Å². The summed E-state index contributed by atoms with van der Waals surface area (Å²) in [6.07, 6.45) is 0.836. The van der Waals surface area contributed by atoms with Gasteiger partial charge < -0.3 is 5.32 Å². The van der Waals surface area contributed by atoms with Crippen LogP contribution in [0.1, 0.15) is 21.5 Å². The fourth-order valence-electron chi connectivity index (χ4n) is 1.08. The Morgan fingerprint density at radius 3 is 2.93 bits per heavy atom. The predicted octanol–water partition coefficient (Wildman–Crippen LogP) is 1.38. The number of hydrogen-bond acceptors (Lipinski definition) is 2. The summed E-state index contributed by atoms with van der Waals surface area (Å²) in [5.74, 6) is 5.98. The van der Waals surface area contributed by atoms with E-state index in [9.17, 15) is 4.79 Å². The van der Waals surface area contributed by atoms with Gasteiger partial charge in [-0.15, -0.1) is 0 Å². The Kier molecular flexibility index (Phi) is 3.90. The van der Waals surface area contributed by atoms with Crippen LogP contribution in [0.5, 0.6) is 0 Å². The summed E-state index contributed by atoms with van der Waals surface area (Å²) in [5, 5.41) is 2.94. The highest BCUT2D eigenvalue weighted by Gasteiger charge is 1.95. The molecule has 2 heteroatoms. The Hall–Kier alpha value is -1.59. The molecule has 0 bridgehead atoms. The Labute approximate surface area is 84.3 Å². The van der Waals surface area contributed by atoms with Crippen molar-refractivity contribution in [2.24, 2.45) is 0 Å². The molecule has 14 heavy (non-hydrogen) atoms. The average Bonchev–Trinajstić information content (AvgIpc) is 2.21. The van der Waals surface area contributed by atoms with Crippen molar-refractivity contribution >= 4 is 6.29 Å². The van der Waals surface area contributed by atoms with Gasteiger partial charge in [-0.3, -0.25) is 4.79 Å². The Balaban J connectivity index is 2.96. The molecular weight excluding hydrogens is 174 g/mol. The highest BCUT2D eigenvalue weighted by Crippen LogP contribution is 2.08. The van der Waals surface area contributed by atoms with Crippen molar-refractivity contribution in [3.8, 4) is 11.8 Å². The molecule has 1 aromatic rings. The van der Waals surface area contributed by atoms with E-state index in [1.165, 1.54) is 0 Å². The normalized spacial score (nSPS) is 9.00. The lowest BCUT2D eigenvalue weighted by molar-refractivity contribution is 0.112. The van der Waals surface area contributed by atoms with Crippen LogP contribution in [0.25, 0.3) is 0 Å². The molecule has 0 saturated heterocycles. The van der Waals surface area contributed by atoms with Crippen molar-refractivity contribution in [1.29, 1.82) is 0 Å². The van der Waals surface area contributed by atoms with E-state index in [1.54, 1.807) is 6.07 Å². The fraction of sp³-hybridized carbons (Fsp3) is 0.250. The van der Waals surface area contributed by atoms with Crippen molar-refractivity contribution in [1.82, 2.24) is 5.32 Å². The molecule has 0 radical (unpaired) electrons. The van der Waals surface area contributed by atoms with Crippen LogP contribution >= 0.6 is 0 Å². The minimum Gasteiger partial charge on any atom is -0.309 e. The number of carbonyl (C=O) groups is 1. The second-order valence-corrected chi connectivity index (χ2v) is 3.02. The third kappa shape index (κ3) is 2.72. The first-order chi connectivity index (χ1) is 6.77. The molecule has 0 atom stereocenters. The van der Waals surface area contributed by atoms with Crippen LogP contribution in [0.4, 0.5) is 0 Å². The molecule has 0 aliphatic carbocycles. The minimum absolute atomic E-state index is 0.657. The predicted molar refractivity (Wildman–Crippen MR) is 57.4 cm³/mol. The van der Waals surface area contributed by atoms with Gasteiger partial charge >= 0.3 is 0 Å². The number of carbonyl (C=O) groups excluding carboxylic acids is 1. The molecule has 0 aromatic heterocycles. The van der Waals surface area contributed by atoms with E-state index >= 15 is 0 Å². The Bertz CT molecular complexity index is 385. The summed E-state index contributed by atoms with van der Waals surface area (Å²) in [4.78, 5) is 10.5. The van der Waals surface area contributed by atoms with Gasteiger partial charge in [-0.2, -0.15) is 0 Å². The number of aryl methyl sites for hydroxylation is 1. The lowest BCUT2D eigenvalue weighted by Gasteiger charge is -1.98. The van der Waals surface area contributed by atoms with Crippen molar-refractivity contribution < 1.29 is 4.79 Å². The molecule has 1 rings (SSSR count). The fourth-order valence-corrected chi connectivity index (χ4v) is 1.08. The van der Waals surface area contributed by atoms with Crippen molar-refractivity contribution in [2.75, 3.05) is 13.6 Å². The monoisotopic (exact) mass is 187 g/mol. The molecule has 0 aliphatic heterocycles. The summed E-state index contributed by atoms with van der Waals surface area (Å²) in [5.41, 5.74) is 2.69. The first-order valence-electron chi connectivity index (χ1n) is 4.47. The first kappa shape index (κ1) is 10.5. The molecule has 1 N–H and O–H groups in total. The quantitative estimate of drug-likeness (QED) is 0.560. The zero-order valence-electron chi connectivity index (χ0n) is 8.42. The maximum absolute atomic E-state index is 10.5. The molecule has 0 aliphatic rings. The molecule has 2 nitrogen and oxygen atoms in total. The number of aldehydes is 1. The average molecular weight is 187 g/mol. The third-order valence-corrected chi connectivity index (χ3v) is 1.89. The van der Waals surface area contributed by atoms with E-state index in [1.807, 2.05) is 26.1 Å². The van der Waals surface area contributed by atoms with Crippen LogP contribution in [0.15, 0.2) is 18.2 Å². The lowest BCUT2D eigenvalue weighted by Crippen LogP contribution is -2.04. The summed E-state index contributed by atoms with van der Waals surface area (Å²) in [6.45, 7) is 2.64. The van der Waals surface area contributed by atoms with E-state index in [0.717, 1.165) is 17.4 Å². The van der Waals surface area contributed by atoms with Crippen LogP contribution in [-0.2, 0) is 0 Å². The zero-order chi connectivity index (χ0) is 10.4. The van der Waals surface area contributed by atoms with Gasteiger partial charge in [0.2, 0.25) is 0 Å². The molecular formula is C12H13NO. The number of benzene rings is 1. The molecule has 0 unspecified atom stereocenters. The molecule has 0 heterocycles. The van der Waals surface area contributed by atoms with Gasteiger partial charge in [0.25, 0.3) is 0 Å². The van der Waals surface area contributed by atoms with Crippen LogP contribution in [0, 0.1) is 18.8 Å². The second kappa shape index (κ2) is 5.21. The molecule has 0 amide bonds. The SMILES string of the molecule is CNCC#Cc1cc(C=O)ccc1C. The largest absolute Gasteiger partial charge is 0.309 e. The van der Waals surface area contributed by atoms with Crippen molar-refractivity contribution in [3.63, 3.8) is 0 Å². The number of hydrogen-bond donors (Lipinski definition) is 1. The highest BCUT2D eigenvalue weighted by molar-refractivity contribution is 5.75. The van der Waals surface area contributed by atoms with E-state index in [-0.39, 0.29) is 0 Å². The summed E-state index contributed by atoms with van der Waals surface area (Å²) < 4.78 is 0. The van der Waals surface area contributed by atoms with Crippen molar-refractivity contribution in [2.45, 2.75) is 6.92 Å². The Morgan fingerprint density at radius 1 is 1.50 bits per heavy atom. The molecule has 1 aromatic carbocycles. The van der Waals surface area contributed by atoms with Gasteiger partial charge in [0, 0.05) is 11.1 Å². The lowest BCUT2D eigenvalue weighted by atomic mass is 10.1. The zero-order valence-corrected chi connectivity index (χ0v) is 8.42. The maximum Gasteiger partial charge on any atom is 0.150 e. The third-order valence-electron chi connectivity index (χ3n) is 1.89. The van der Waals surface area contributed by atoms with Gasteiger partial charge in [0.1, 0.15) is 6.29 Å². The van der Waals surface area contributed by atoms with Gasteiger partial charge in [-0.1, -0.05) is 24.0 Å². The van der Waals surface area contributed by atoms with Gasteiger partial charge in [-0.05, 0) is 25.6 Å². The van der Waals surface area contributed by atoms with Crippen LogP contribution in [0.3, 0.4) is 0 Å². The van der Waals surface area contributed by atoms with E-state index in [0.29, 0.717) is 12.1 Å². The van der Waals surface area contributed by atoms with Gasteiger partial charge in [0.05, 0.1) is 6.54 Å². The molecule has 0 fully saturated rings. The van der Waals surface area contributed by atoms with E-state index in [2.05, 4.69) is 17.2 Å².